The average Bonchev–Trinajstić information content (AvgIpc) is 2.92. The zero-order chi connectivity index (χ0) is 14.4. The molecule has 1 aromatic heterocycles. The Morgan fingerprint density at radius 2 is 2.05 bits per heavy atom. The minimum Gasteiger partial charge on any atom is -0.492 e. The minimum atomic E-state index is 0.655. The Morgan fingerprint density at radius 1 is 1.30 bits per heavy atom. The molecule has 6 heteroatoms. The first-order chi connectivity index (χ1) is 9.70. The molecule has 1 heterocycles. The molecule has 1 N–H and O–H groups in total. The summed E-state index contributed by atoms with van der Waals surface area (Å²) < 4.78 is 7.53. The molecule has 3 nitrogen and oxygen atoms in total. The topological polar surface area (TPSA) is 34.1 Å². The van der Waals surface area contributed by atoms with Crippen LogP contribution >= 0.6 is 43.2 Å². The Bertz CT molecular complexity index is 523. The normalized spacial score (nSPS) is 10.8. The van der Waals surface area contributed by atoms with Crippen molar-refractivity contribution in [2.45, 2.75) is 19.9 Å². The molecular weight excluding hydrogens is 404 g/mol. The van der Waals surface area contributed by atoms with E-state index >= 15 is 0 Å². The number of aromatic nitrogens is 1. The van der Waals surface area contributed by atoms with E-state index in [0.29, 0.717) is 6.61 Å². The average molecular weight is 420 g/mol. The number of halogens is 2. The largest absolute Gasteiger partial charge is 0.492 e. The molecule has 0 aliphatic rings. The predicted octanol–water partition coefficient (Wildman–Crippen LogP) is 4.40. The first-order valence-electron chi connectivity index (χ1n) is 6.39. The van der Waals surface area contributed by atoms with Crippen LogP contribution in [0.25, 0.3) is 0 Å². The van der Waals surface area contributed by atoms with Crippen LogP contribution in [0.1, 0.15) is 18.2 Å². The molecule has 0 unspecified atom stereocenters. The highest BCUT2D eigenvalue weighted by molar-refractivity contribution is 9.11. The minimum absolute atomic E-state index is 0.655. The highest BCUT2D eigenvalue weighted by Gasteiger charge is 2.08. The van der Waals surface area contributed by atoms with Crippen molar-refractivity contribution < 1.29 is 4.74 Å². The molecule has 0 aliphatic heterocycles. The summed E-state index contributed by atoms with van der Waals surface area (Å²) in [6.45, 7) is 4.38. The van der Waals surface area contributed by atoms with Gasteiger partial charge in [0.25, 0.3) is 0 Å². The number of ether oxygens (including phenoxy) is 1. The molecule has 0 atom stereocenters. The molecule has 0 spiro atoms. The molecule has 0 aliphatic carbocycles. The van der Waals surface area contributed by atoms with Crippen LogP contribution in [0.3, 0.4) is 0 Å². The lowest BCUT2D eigenvalue weighted by molar-refractivity contribution is 0.336. The van der Waals surface area contributed by atoms with Crippen LogP contribution in [0.2, 0.25) is 0 Å². The molecule has 0 bridgehead atoms. The number of hydrogen-bond acceptors (Lipinski definition) is 4. The van der Waals surface area contributed by atoms with Gasteiger partial charge in [-0.2, -0.15) is 0 Å². The van der Waals surface area contributed by atoms with Gasteiger partial charge in [-0.3, -0.25) is 0 Å². The zero-order valence-corrected chi connectivity index (χ0v) is 15.1. The third kappa shape index (κ3) is 4.55. The van der Waals surface area contributed by atoms with Crippen molar-refractivity contribution in [3.05, 3.63) is 43.2 Å². The van der Waals surface area contributed by atoms with Crippen molar-refractivity contribution in [3.8, 4) is 5.75 Å². The van der Waals surface area contributed by atoms with Crippen LogP contribution in [-0.4, -0.2) is 18.1 Å². The predicted molar refractivity (Wildman–Crippen MR) is 90.5 cm³/mol. The third-order valence-electron chi connectivity index (χ3n) is 2.72. The molecule has 20 heavy (non-hydrogen) atoms. The first kappa shape index (κ1) is 15.9. The van der Waals surface area contributed by atoms with E-state index in [9.17, 15) is 0 Å². The van der Waals surface area contributed by atoms with Crippen molar-refractivity contribution in [2.24, 2.45) is 0 Å². The summed E-state index contributed by atoms with van der Waals surface area (Å²) in [4.78, 5) is 4.27. The summed E-state index contributed by atoms with van der Waals surface area (Å²) in [6, 6.07) is 4.18. The van der Waals surface area contributed by atoms with Crippen LogP contribution in [0.5, 0.6) is 5.75 Å². The van der Waals surface area contributed by atoms with Crippen molar-refractivity contribution >= 4 is 43.2 Å². The van der Waals surface area contributed by atoms with E-state index in [2.05, 4.69) is 59.7 Å². The molecule has 0 saturated carbocycles. The van der Waals surface area contributed by atoms with Gasteiger partial charge >= 0.3 is 0 Å². The van der Waals surface area contributed by atoms with Crippen molar-refractivity contribution in [1.82, 2.24) is 10.3 Å². The smallest absolute Gasteiger partial charge is 0.147 e. The molecule has 0 fully saturated rings. The summed E-state index contributed by atoms with van der Waals surface area (Å²) in [5, 5.41) is 5.52. The monoisotopic (exact) mass is 418 g/mol. The van der Waals surface area contributed by atoms with E-state index in [1.165, 1.54) is 5.56 Å². The zero-order valence-electron chi connectivity index (χ0n) is 11.2. The van der Waals surface area contributed by atoms with Crippen molar-refractivity contribution in [3.63, 3.8) is 0 Å². The fourth-order valence-corrected chi connectivity index (χ4v) is 3.91. The number of thiazole rings is 1. The molecule has 1 aromatic carbocycles. The van der Waals surface area contributed by atoms with E-state index in [4.69, 9.17) is 4.74 Å². The highest BCUT2D eigenvalue weighted by Crippen LogP contribution is 2.34. The summed E-state index contributed by atoms with van der Waals surface area (Å²) in [5.74, 6) is 0.860. The molecule has 0 radical (unpaired) electrons. The van der Waals surface area contributed by atoms with E-state index in [-0.39, 0.29) is 0 Å². The second kappa shape index (κ2) is 8.12. The van der Waals surface area contributed by atoms with Crippen LogP contribution in [0, 0.1) is 0 Å². The molecule has 0 amide bonds. The van der Waals surface area contributed by atoms with Gasteiger partial charge in [0.1, 0.15) is 5.75 Å². The van der Waals surface area contributed by atoms with Crippen molar-refractivity contribution in [1.29, 1.82) is 0 Å². The van der Waals surface area contributed by atoms with E-state index in [0.717, 1.165) is 39.9 Å². The number of hydrogen-bond donors (Lipinski definition) is 1. The fourth-order valence-electron chi connectivity index (χ4n) is 1.81. The fraction of sp³-hybridized carbons (Fsp3) is 0.357. The third-order valence-corrected chi connectivity index (χ3v) is 4.53. The molecule has 0 saturated heterocycles. The lowest BCUT2D eigenvalue weighted by atomic mass is 10.2. The number of nitrogens with one attached hydrogen (secondary N) is 1. The van der Waals surface area contributed by atoms with Gasteiger partial charge < -0.3 is 10.1 Å². The number of benzene rings is 1. The lowest BCUT2D eigenvalue weighted by Gasteiger charge is -2.11. The summed E-state index contributed by atoms with van der Waals surface area (Å²) in [6.07, 6.45) is 0.961. The second-order valence-corrected chi connectivity index (χ2v) is 6.66. The molecule has 2 rings (SSSR count). The van der Waals surface area contributed by atoms with Crippen LogP contribution in [-0.2, 0) is 13.0 Å². The number of rotatable bonds is 7. The summed E-state index contributed by atoms with van der Waals surface area (Å²) >= 11 is 8.74. The Balaban J connectivity index is 1.86. The van der Waals surface area contributed by atoms with E-state index in [1.807, 2.05) is 12.4 Å². The van der Waals surface area contributed by atoms with Gasteiger partial charge in [-0.05, 0) is 56.5 Å². The molecule has 108 valence electrons. The highest BCUT2D eigenvalue weighted by atomic mass is 79.9. The van der Waals surface area contributed by atoms with Crippen LogP contribution in [0.4, 0.5) is 0 Å². The van der Waals surface area contributed by atoms with Gasteiger partial charge in [0.15, 0.2) is 0 Å². The van der Waals surface area contributed by atoms with Gasteiger partial charge in [0.05, 0.1) is 26.8 Å². The maximum absolute atomic E-state index is 5.58. The standard InChI is InChI=1S/C14H16Br2N2OS/c1-2-19-14-12(15)5-10(6-13(14)16)7-17-4-3-11-8-20-9-18-11/h5-6,8-9,17H,2-4,7H2,1H3. The van der Waals surface area contributed by atoms with Crippen LogP contribution in [0.15, 0.2) is 32.0 Å². The van der Waals surface area contributed by atoms with E-state index in [1.54, 1.807) is 11.3 Å². The maximum atomic E-state index is 5.58. The SMILES string of the molecule is CCOc1c(Br)cc(CNCCc2cscn2)cc1Br. The van der Waals surface area contributed by atoms with Gasteiger partial charge in [-0.1, -0.05) is 0 Å². The number of nitrogens with zero attached hydrogens (tertiary/aromatic N) is 1. The summed E-state index contributed by atoms with van der Waals surface area (Å²) in [5.41, 5.74) is 4.23. The Morgan fingerprint density at radius 3 is 2.65 bits per heavy atom. The maximum Gasteiger partial charge on any atom is 0.147 e. The Hall–Kier alpha value is -0.430. The first-order valence-corrected chi connectivity index (χ1v) is 8.92. The molecular formula is C14H16Br2N2OS. The Kier molecular flexibility index (Phi) is 6.48. The van der Waals surface area contributed by atoms with Crippen LogP contribution < -0.4 is 10.1 Å². The van der Waals surface area contributed by atoms with Crippen molar-refractivity contribution in [2.75, 3.05) is 13.2 Å². The van der Waals surface area contributed by atoms with E-state index < -0.39 is 0 Å². The van der Waals surface area contributed by atoms with Gasteiger partial charge in [0, 0.05) is 24.9 Å². The summed E-state index contributed by atoms with van der Waals surface area (Å²) in [7, 11) is 0. The van der Waals surface area contributed by atoms with Gasteiger partial charge in [0.2, 0.25) is 0 Å². The quantitative estimate of drug-likeness (QED) is 0.675. The molecule has 2 aromatic rings. The lowest BCUT2D eigenvalue weighted by Crippen LogP contribution is -2.16. The second-order valence-electron chi connectivity index (χ2n) is 4.23. The Labute approximate surface area is 140 Å². The van der Waals surface area contributed by atoms with Gasteiger partial charge in [-0.15, -0.1) is 11.3 Å². The van der Waals surface area contributed by atoms with Gasteiger partial charge in [-0.25, -0.2) is 4.98 Å².